The van der Waals surface area contributed by atoms with Gasteiger partial charge in [0.25, 0.3) is 0 Å². The molecule has 1 rings (SSSR count). The number of hydrogen-bond donors (Lipinski definition) is 3. The highest BCUT2D eigenvalue weighted by Crippen LogP contribution is 2.09. The van der Waals surface area contributed by atoms with Crippen molar-refractivity contribution in [1.29, 1.82) is 0 Å². The SMILES string of the molecule is CC(C)CNC(=O)CNS(=O)(=O)c1ccc(CN)cc1. The molecule has 20 heavy (non-hydrogen) atoms. The summed E-state index contributed by atoms with van der Waals surface area (Å²) in [4.78, 5) is 11.6. The molecule has 0 aliphatic carbocycles. The van der Waals surface area contributed by atoms with Crippen LogP contribution in [0.3, 0.4) is 0 Å². The van der Waals surface area contributed by atoms with Gasteiger partial charge in [0, 0.05) is 13.1 Å². The molecule has 0 aliphatic heterocycles. The summed E-state index contributed by atoms with van der Waals surface area (Å²) >= 11 is 0. The minimum atomic E-state index is -3.67. The highest BCUT2D eigenvalue weighted by Gasteiger charge is 2.15. The van der Waals surface area contributed by atoms with Crippen LogP contribution in [0.2, 0.25) is 0 Å². The van der Waals surface area contributed by atoms with Gasteiger partial charge in [0.2, 0.25) is 15.9 Å². The van der Waals surface area contributed by atoms with E-state index in [2.05, 4.69) is 10.0 Å². The largest absolute Gasteiger partial charge is 0.355 e. The van der Waals surface area contributed by atoms with Crippen molar-refractivity contribution >= 4 is 15.9 Å². The van der Waals surface area contributed by atoms with Crippen LogP contribution in [0.15, 0.2) is 29.2 Å². The van der Waals surface area contributed by atoms with E-state index in [4.69, 9.17) is 5.73 Å². The number of carbonyl (C=O) groups excluding carboxylic acids is 1. The number of sulfonamides is 1. The van der Waals surface area contributed by atoms with Crippen LogP contribution in [0.25, 0.3) is 0 Å². The predicted octanol–water partition coefficient (Wildman–Crippen LogP) is 0.196. The van der Waals surface area contributed by atoms with Crippen molar-refractivity contribution in [1.82, 2.24) is 10.0 Å². The van der Waals surface area contributed by atoms with Crippen LogP contribution < -0.4 is 15.8 Å². The van der Waals surface area contributed by atoms with Gasteiger partial charge in [-0.1, -0.05) is 26.0 Å². The van der Waals surface area contributed by atoms with Crippen molar-refractivity contribution < 1.29 is 13.2 Å². The molecule has 4 N–H and O–H groups in total. The average Bonchev–Trinajstić information content (AvgIpc) is 2.43. The Morgan fingerprint density at radius 2 is 1.85 bits per heavy atom. The van der Waals surface area contributed by atoms with Gasteiger partial charge in [0.05, 0.1) is 11.4 Å². The molecule has 0 unspecified atom stereocenters. The molecule has 0 radical (unpaired) electrons. The third kappa shape index (κ3) is 5.28. The first kappa shape index (κ1) is 16.6. The van der Waals surface area contributed by atoms with Gasteiger partial charge < -0.3 is 11.1 Å². The number of amides is 1. The number of carbonyl (C=O) groups is 1. The zero-order valence-corrected chi connectivity index (χ0v) is 12.5. The Morgan fingerprint density at radius 3 is 2.35 bits per heavy atom. The molecule has 0 spiro atoms. The maximum absolute atomic E-state index is 12.0. The molecule has 6 nitrogen and oxygen atoms in total. The molecule has 0 bridgehead atoms. The van der Waals surface area contributed by atoms with Gasteiger partial charge >= 0.3 is 0 Å². The lowest BCUT2D eigenvalue weighted by molar-refractivity contribution is -0.120. The summed E-state index contributed by atoms with van der Waals surface area (Å²) in [6.07, 6.45) is 0. The third-order valence-electron chi connectivity index (χ3n) is 2.60. The molecule has 0 aromatic heterocycles. The monoisotopic (exact) mass is 299 g/mol. The number of nitrogens with one attached hydrogen (secondary N) is 2. The van der Waals surface area contributed by atoms with Gasteiger partial charge in [-0.25, -0.2) is 13.1 Å². The molecule has 7 heteroatoms. The lowest BCUT2D eigenvalue weighted by Crippen LogP contribution is -2.38. The summed E-state index contributed by atoms with van der Waals surface area (Å²) < 4.78 is 26.2. The van der Waals surface area contributed by atoms with Crippen molar-refractivity contribution in [3.05, 3.63) is 29.8 Å². The normalized spacial score (nSPS) is 11.6. The molecule has 0 saturated carbocycles. The van der Waals surface area contributed by atoms with Crippen molar-refractivity contribution in [2.24, 2.45) is 11.7 Å². The van der Waals surface area contributed by atoms with Gasteiger partial charge in [-0.2, -0.15) is 0 Å². The van der Waals surface area contributed by atoms with Crippen LogP contribution in [-0.2, 0) is 21.4 Å². The number of hydrogen-bond acceptors (Lipinski definition) is 4. The smallest absolute Gasteiger partial charge is 0.241 e. The highest BCUT2D eigenvalue weighted by molar-refractivity contribution is 7.89. The zero-order chi connectivity index (χ0) is 15.2. The average molecular weight is 299 g/mol. The lowest BCUT2D eigenvalue weighted by atomic mass is 10.2. The summed E-state index contributed by atoms with van der Waals surface area (Å²) in [7, 11) is -3.67. The van der Waals surface area contributed by atoms with Crippen LogP contribution in [0.4, 0.5) is 0 Å². The lowest BCUT2D eigenvalue weighted by Gasteiger charge is -2.09. The molecule has 1 aromatic carbocycles. The standard InChI is InChI=1S/C13H21N3O3S/c1-10(2)8-15-13(17)9-16-20(18,19)12-5-3-11(7-14)4-6-12/h3-6,10,16H,7-9,14H2,1-2H3,(H,15,17). The van der Waals surface area contributed by atoms with Crippen LogP contribution in [0.1, 0.15) is 19.4 Å². The molecule has 0 heterocycles. The van der Waals surface area contributed by atoms with Gasteiger partial charge in [0.15, 0.2) is 0 Å². The molecule has 1 amide bonds. The fourth-order valence-corrected chi connectivity index (χ4v) is 2.41. The first-order valence-corrected chi connectivity index (χ1v) is 7.89. The summed E-state index contributed by atoms with van der Waals surface area (Å²) in [6.45, 7) is 4.53. The van der Waals surface area contributed by atoms with Gasteiger partial charge in [-0.05, 0) is 23.6 Å². The summed E-state index contributed by atoms with van der Waals surface area (Å²) in [5.41, 5.74) is 6.29. The van der Waals surface area contributed by atoms with E-state index in [9.17, 15) is 13.2 Å². The van der Waals surface area contributed by atoms with E-state index >= 15 is 0 Å². The van der Waals surface area contributed by atoms with E-state index in [0.717, 1.165) is 5.56 Å². The molecular weight excluding hydrogens is 278 g/mol. The van der Waals surface area contributed by atoms with E-state index in [1.54, 1.807) is 12.1 Å². The van der Waals surface area contributed by atoms with Crippen LogP contribution in [-0.4, -0.2) is 27.4 Å². The first-order chi connectivity index (χ1) is 9.35. The topological polar surface area (TPSA) is 101 Å². The fourth-order valence-electron chi connectivity index (χ4n) is 1.43. The molecule has 0 atom stereocenters. The molecule has 1 aromatic rings. The highest BCUT2D eigenvalue weighted by atomic mass is 32.2. The summed E-state index contributed by atoms with van der Waals surface area (Å²) in [5, 5.41) is 2.64. The predicted molar refractivity (Wildman–Crippen MR) is 77.4 cm³/mol. The molecule has 112 valence electrons. The Kier molecular flexibility index (Phi) is 6.12. The Morgan fingerprint density at radius 1 is 1.25 bits per heavy atom. The first-order valence-electron chi connectivity index (χ1n) is 6.40. The minimum Gasteiger partial charge on any atom is -0.355 e. The minimum absolute atomic E-state index is 0.117. The van der Waals surface area contributed by atoms with Crippen molar-refractivity contribution in [2.45, 2.75) is 25.3 Å². The quantitative estimate of drug-likeness (QED) is 0.669. The van der Waals surface area contributed by atoms with Gasteiger partial charge in [0.1, 0.15) is 0 Å². The van der Waals surface area contributed by atoms with E-state index in [-0.39, 0.29) is 17.3 Å². The number of rotatable bonds is 7. The third-order valence-corrected chi connectivity index (χ3v) is 4.02. The van der Waals surface area contributed by atoms with Gasteiger partial charge in [-0.3, -0.25) is 4.79 Å². The second-order valence-electron chi connectivity index (χ2n) is 4.87. The number of benzene rings is 1. The van der Waals surface area contributed by atoms with Crippen molar-refractivity contribution in [3.63, 3.8) is 0 Å². The second-order valence-corrected chi connectivity index (χ2v) is 6.64. The Bertz CT molecular complexity index is 538. The van der Waals surface area contributed by atoms with E-state index in [0.29, 0.717) is 19.0 Å². The number of nitrogens with two attached hydrogens (primary N) is 1. The molecule has 0 fully saturated rings. The van der Waals surface area contributed by atoms with E-state index in [1.807, 2.05) is 13.8 Å². The zero-order valence-electron chi connectivity index (χ0n) is 11.7. The fraction of sp³-hybridized carbons (Fsp3) is 0.462. The van der Waals surface area contributed by atoms with Crippen molar-refractivity contribution in [2.75, 3.05) is 13.1 Å². The summed E-state index contributed by atoms with van der Waals surface area (Å²) in [6, 6.07) is 6.23. The maximum atomic E-state index is 12.0. The van der Waals surface area contributed by atoms with E-state index < -0.39 is 10.0 Å². The molecule has 0 saturated heterocycles. The van der Waals surface area contributed by atoms with Crippen molar-refractivity contribution in [3.8, 4) is 0 Å². The van der Waals surface area contributed by atoms with Crippen LogP contribution >= 0.6 is 0 Å². The van der Waals surface area contributed by atoms with Gasteiger partial charge in [-0.15, -0.1) is 0 Å². The molecule has 0 aliphatic rings. The van der Waals surface area contributed by atoms with E-state index in [1.165, 1.54) is 12.1 Å². The summed E-state index contributed by atoms with van der Waals surface area (Å²) in [5.74, 6) is -0.0276. The van der Waals surface area contributed by atoms with Crippen LogP contribution in [0, 0.1) is 5.92 Å². The Balaban J connectivity index is 2.58. The van der Waals surface area contributed by atoms with Crippen LogP contribution in [0.5, 0.6) is 0 Å². The Labute approximate surface area is 119 Å². The Hall–Kier alpha value is -1.44. The molecular formula is C13H21N3O3S. The maximum Gasteiger partial charge on any atom is 0.241 e. The second kappa shape index (κ2) is 7.37.